The van der Waals surface area contributed by atoms with E-state index in [-0.39, 0.29) is 23.4 Å². The van der Waals surface area contributed by atoms with Crippen molar-refractivity contribution in [3.63, 3.8) is 0 Å². The molecule has 0 spiro atoms. The number of primary amides is 1. The topological polar surface area (TPSA) is 85.6 Å². The molecule has 2 aromatic carbocycles. The lowest BCUT2D eigenvalue weighted by Gasteiger charge is -2.37. The molecule has 11 heteroatoms. The third kappa shape index (κ3) is 4.47. The summed E-state index contributed by atoms with van der Waals surface area (Å²) in [6.45, 7) is 5.81. The maximum atomic E-state index is 13.9. The van der Waals surface area contributed by atoms with Gasteiger partial charge in [0.25, 0.3) is 5.91 Å². The fraction of sp³-hybridized carbons (Fsp3) is 0.217. The van der Waals surface area contributed by atoms with E-state index in [1.54, 1.807) is 18.2 Å². The first-order valence-corrected chi connectivity index (χ1v) is 10.4. The molecule has 0 fully saturated rings. The average Bonchev–Trinajstić information content (AvgIpc) is 3.17. The molecule has 174 valence electrons. The Morgan fingerprint density at radius 2 is 1.91 bits per heavy atom. The minimum atomic E-state index is -4.73. The summed E-state index contributed by atoms with van der Waals surface area (Å²) in [6, 6.07) is 10.3. The summed E-state index contributed by atoms with van der Waals surface area (Å²) in [5.74, 6) is -1.64. The first kappa shape index (κ1) is 23.3. The first-order chi connectivity index (χ1) is 16.1. The van der Waals surface area contributed by atoms with Crippen molar-refractivity contribution in [2.24, 2.45) is 5.73 Å². The molecule has 2 amide bonds. The summed E-state index contributed by atoms with van der Waals surface area (Å²) < 4.78 is 42.9. The molecule has 7 nitrogen and oxygen atoms in total. The van der Waals surface area contributed by atoms with Crippen molar-refractivity contribution in [2.45, 2.75) is 31.7 Å². The smallest absolute Gasteiger partial charge is 0.365 e. The van der Waals surface area contributed by atoms with E-state index in [4.69, 9.17) is 23.9 Å². The highest BCUT2D eigenvalue weighted by Crippen LogP contribution is 2.35. The fourth-order valence-corrected chi connectivity index (χ4v) is 4.14. The second-order valence-electron chi connectivity index (χ2n) is 7.76. The minimum absolute atomic E-state index is 0.0536. The lowest BCUT2D eigenvalue weighted by atomic mass is 10.0. The van der Waals surface area contributed by atoms with Gasteiger partial charge in [-0.25, -0.2) is 4.85 Å². The summed E-state index contributed by atoms with van der Waals surface area (Å²) in [7, 11) is 0. The predicted molar refractivity (Wildman–Crippen MR) is 118 cm³/mol. The van der Waals surface area contributed by atoms with Gasteiger partial charge in [0, 0.05) is 10.6 Å². The van der Waals surface area contributed by atoms with Crippen LogP contribution in [-0.2, 0) is 24.3 Å². The molecule has 2 heterocycles. The number of halogens is 4. The van der Waals surface area contributed by atoms with E-state index < -0.39 is 37.1 Å². The Morgan fingerprint density at radius 3 is 2.50 bits per heavy atom. The zero-order chi connectivity index (χ0) is 24.6. The van der Waals surface area contributed by atoms with Gasteiger partial charge in [0.2, 0.25) is 5.91 Å². The largest absolute Gasteiger partial charge is 0.410 e. The highest BCUT2D eigenvalue weighted by atomic mass is 35.5. The normalized spacial score (nSPS) is 15.5. The number of hydrogen-bond donors (Lipinski definition) is 1. The first-order valence-electron chi connectivity index (χ1n) is 10.1. The molecular weight excluding hydrogens is 471 g/mol. The summed E-state index contributed by atoms with van der Waals surface area (Å²) >= 11 is 6.03. The maximum absolute atomic E-state index is 13.9. The van der Waals surface area contributed by atoms with Crippen LogP contribution in [0.4, 0.5) is 18.9 Å². The quantitative estimate of drug-likeness (QED) is 0.554. The van der Waals surface area contributed by atoms with Crippen molar-refractivity contribution in [1.29, 1.82) is 0 Å². The van der Waals surface area contributed by atoms with E-state index in [9.17, 15) is 22.8 Å². The number of rotatable bonds is 4. The van der Waals surface area contributed by atoms with Crippen molar-refractivity contribution < 1.29 is 22.8 Å². The van der Waals surface area contributed by atoms with E-state index in [0.717, 1.165) is 4.68 Å². The van der Waals surface area contributed by atoms with Crippen molar-refractivity contribution in [3.05, 3.63) is 81.8 Å². The Morgan fingerprint density at radius 1 is 1.21 bits per heavy atom. The minimum Gasteiger partial charge on any atom is -0.365 e. The number of hydrogen-bond acceptors (Lipinski definition) is 3. The van der Waals surface area contributed by atoms with Gasteiger partial charge in [0.05, 0.1) is 37.3 Å². The van der Waals surface area contributed by atoms with Gasteiger partial charge in [-0.3, -0.25) is 14.3 Å². The molecule has 0 bridgehead atoms. The molecule has 2 N–H and O–H groups in total. The fourth-order valence-electron chi connectivity index (χ4n) is 3.95. The molecule has 0 radical (unpaired) electrons. The number of fused-ring (bicyclic) bond motifs is 1. The van der Waals surface area contributed by atoms with Crippen molar-refractivity contribution in [1.82, 2.24) is 14.7 Å². The van der Waals surface area contributed by atoms with Crippen molar-refractivity contribution in [3.8, 4) is 11.3 Å². The molecule has 1 aliphatic heterocycles. The van der Waals surface area contributed by atoms with E-state index in [1.165, 1.54) is 30.3 Å². The van der Waals surface area contributed by atoms with Crippen LogP contribution < -0.4 is 5.73 Å². The van der Waals surface area contributed by atoms with Crippen LogP contribution in [0, 0.1) is 6.57 Å². The van der Waals surface area contributed by atoms with Gasteiger partial charge in [-0.15, -0.1) is 0 Å². The number of aromatic nitrogens is 2. The summed E-state index contributed by atoms with van der Waals surface area (Å²) in [6.07, 6.45) is -5.03. The second kappa shape index (κ2) is 8.83. The van der Waals surface area contributed by atoms with Crippen molar-refractivity contribution >= 4 is 29.1 Å². The number of nitrogens with two attached hydrogens (primary N) is 1. The highest BCUT2D eigenvalue weighted by Gasteiger charge is 2.49. The molecule has 1 aromatic heterocycles. The zero-order valence-electron chi connectivity index (χ0n) is 17.5. The Hall–Kier alpha value is -3.84. The van der Waals surface area contributed by atoms with Crippen LogP contribution in [0.25, 0.3) is 16.1 Å². The number of alkyl halides is 3. The average molecular weight is 488 g/mol. The standard InChI is InChI=1S/C23H17ClF3N5O2/c1-29-16-7-5-13(6-8-16)9-19(33)31-11-17-20(22(28)34)21(14-3-2-4-15(24)10-14)30-32(17)12-18(31)23(25,26)27/h2-8,10,18H,9,11-12H2,(H2,28,34). The number of benzene rings is 2. The van der Waals surface area contributed by atoms with E-state index in [1.807, 2.05) is 0 Å². The van der Waals surface area contributed by atoms with Crippen LogP contribution in [0.2, 0.25) is 5.02 Å². The lowest BCUT2D eigenvalue weighted by Crippen LogP contribution is -2.54. The van der Waals surface area contributed by atoms with Crippen LogP contribution in [0.15, 0.2) is 48.5 Å². The Balaban J connectivity index is 1.74. The summed E-state index contributed by atoms with van der Waals surface area (Å²) in [4.78, 5) is 29.3. The van der Waals surface area contributed by atoms with Crippen LogP contribution in [0.5, 0.6) is 0 Å². The van der Waals surface area contributed by atoms with Gasteiger partial charge in [-0.05, 0) is 17.7 Å². The molecule has 0 saturated carbocycles. The van der Waals surface area contributed by atoms with Gasteiger partial charge < -0.3 is 10.6 Å². The van der Waals surface area contributed by atoms with Crippen LogP contribution in [-0.4, -0.2) is 38.7 Å². The molecule has 0 saturated heterocycles. The van der Waals surface area contributed by atoms with E-state index in [0.29, 0.717) is 26.7 Å². The van der Waals surface area contributed by atoms with Crippen molar-refractivity contribution in [2.75, 3.05) is 0 Å². The van der Waals surface area contributed by atoms with Gasteiger partial charge in [0.15, 0.2) is 5.69 Å². The number of nitrogens with zero attached hydrogens (tertiary/aromatic N) is 4. The summed E-state index contributed by atoms with van der Waals surface area (Å²) in [5.41, 5.74) is 6.99. The molecule has 4 rings (SSSR count). The number of amides is 2. The second-order valence-corrected chi connectivity index (χ2v) is 8.20. The highest BCUT2D eigenvalue weighted by molar-refractivity contribution is 6.30. The lowest BCUT2D eigenvalue weighted by molar-refractivity contribution is -0.198. The SMILES string of the molecule is [C-]#[N+]c1ccc(CC(=O)N2Cc3c(C(N)=O)c(-c4cccc(Cl)c4)nn3CC2C(F)(F)F)cc1. The van der Waals surface area contributed by atoms with Crippen LogP contribution in [0.1, 0.15) is 21.6 Å². The Labute approximate surface area is 197 Å². The monoisotopic (exact) mass is 487 g/mol. The molecule has 1 atom stereocenters. The zero-order valence-corrected chi connectivity index (χ0v) is 18.3. The number of carbonyl (C=O) groups excluding carboxylic acids is 2. The molecule has 0 aliphatic carbocycles. The van der Waals surface area contributed by atoms with E-state index in [2.05, 4.69) is 9.94 Å². The third-order valence-electron chi connectivity index (χ3n) is 5.56. The third-order valence-corrected chi connectivity index (χ3v) is 5.80. The maximum Gasteiger partial charge on any atom is 0.410 e. The van der Waals surface area contributed by atoms with E-state index >= 15 is 0 Å². The van der Waals surface area contributed by atoms with Crippen LogP contribution >= 0.6 is 11.6 Å². The number of carbonyl (C=O) groups is 2. The van der Waals surface area contributed by atoms with Gasteiger partial charge in [-0.2, -0.15) is 18.3 Å². The summed E-state index contributed by atoms with van der Waals surface area (Å²) in [5, 5.41) is 4.59. The van der Waals surface area contributed by atoms with Gasteiger partial charge >= 0.3 is 6.18 Å². The predicted octanol–water partition coefficient (Wildman–Crippen LogP) is 4.37. The Kier molecular flexibility index (Phi) is 6.06. The molecular formula is C23H17ClF3N5O2. The molecule has 34 heavy (non-hydrogen) atoms. The molecule has 1 aliphatic rings. The Bertz CT molecular complexity index is 1310. The molecule has 1 unspecified atom stereocenters. The van der Waals surface area contributed by atoms with Crippen LogP contribution in [0.3, 0.4) is 0 Å². The van der Waals surface area contributed by atoms with Gasteiger partial charge in [0.1, 0.15) is 11.7 Å². The van der Waals surface area contributed by atoms with Gasteiger partial charge in [-0.1, -0.05) is 48.0 Å². The molecule has 3 aromatic rings.